The van der Waals surface area contributed by atoms with Gasteiger partial charge < -0.3 is 14.6 Å². The standard InChI is InChI=1S/C35H29F2N5O3S/c1-18-40-41-34(45-18)29-25(17-23(37)20-8-11-21(36)12-9-20)38-32-26-7-4-16-42(26)35(44)31(32)30(29)27-14-15-28(46-27)33(43)39-24-13-10-19-5-2-3-6-22(19)24/h2-3,5-6,8-9,11-12,14-15,23-24,26H,4,7,10,13,16-17H2,1H3,(H,39,43)/t23?,24?,26-/m0/s1. The van der Waals surface area contributed by atoms with Gasteiger partial charge in [0, 0.05) is 30.3 Å². The lowest BCUT2D eigenvalue weighted by molar-refractivity contribution is 0.0776. The largest absolute Gasteiger partial charge is 0.421 e. The van der Waals surface area contributed by atoms with E-state index in [2.05, 4.69) is 27.6 Å². The van der Waals surface area contributed by atoms with E-state index in [4.69, 9.17) is 9.40 Å². The second-order valence-electron chi connectivity index (χ2n) is 12.0. The molecule has 8 rings (SSSR count). The van der Waals surface area contributed by atoms with Gasteiger partial charge in [-0.3, -0.25) is 14.6 Å². The van der Waals surface area contributed by atoms with E-state index in [1.54, 1.807) is 13.0 Å². The number of hydrogen-bond acceptors (Lipinski definition) is 7. The van der Waals surface area contributed by atoms with E-state index in [0.717, 1.165) is 31.2 Å². The number of thiophene rings is 1. The number of pyridine rings is 1. The molecule has 0 saturated carbocycles. The third kappa shape index (κ3) is 4.81. The molecule has 8 nitrogen and oxygen atoms in total. The van der Waals surface area contributed by atoms with Gasteiger partial charge in [0.25, 0.3) is 11.8 Å². The summed E-state index contributed by atoms with van der Waals surface area (Å²) in [6, 6.07) is 16.7. The second-order valence-corrected chi connectivity index (χ2v) is 13.1. The van der Waals surface area contributed by atoms with Crippen molar-refractivity contribution in [2.45, 2.75) is 57.3 Å². The first-order chi connectivity index (χ1) is 22.4. The minimum atomic E-state index is -1.52. The van der Waals surface area contributed by atoms with Gasteiger partial charge in [0.15, 0.2) is 0 Å². The molecule has 1 N–H and O–H groups in total. The van der Waals surface area contributed by atoms with Crippen LogP contribution < -0.4 is 5.32 Å². The van der Waals surface area contributed by atoms with Crippen molar-refractivity contribution in [2.75, 3.05) is 6.54 Å². The predicted molar refractivity (Wildman–Crippen MR) is 168 cm³/mol. The Morgan fingerprint density at radius 3 is 2.70 bits per heavy atom. The minimum Gasteiger partial charge on any atom is -0.421 e. The Kier molecular flexibility index (Phi) is 7.01. The Labute approximate surface area is 267 Å². The number of amides is 2. The van der Waals surface area contributed by atoms with Crippen LogP contribution in [0.2, 0.25) is 0 Å². The fourth-order valence-electron chi connectivity index (χ4n) is 7.06. The molecule has 2 aromatic carbocycles. The van der Waals surface area contributed by atoms with Crippen LogP contribution in [0.25, 0.3) is 21.9 Å². The van der Waals surface area contributed by atoms with Crippen molar-refractivity contribution < 1.29 is 22.8 Å². The van der Waals surface area contributed by atoms with E-state index in [0.29, 0.717) is 55.8 Å². The van der Waals surface area contributed by atoms with E-state index >= 15 is 4.39 Å². The van der Waals surface area contributed by atoms with Crippen LogP contribution >= 0.6 is 11.3 Å². The summed E-state index contributed by atoms with van der Waals surface area (Å²) in [5.41, 5.74) is 4.95. The number of aromatic nitrogens is 3. The number of alkyl halides is 1. The molecule has 5 aromatic rings. The molecule has 0 spiro atoms. The van der Waals surface area contributed by atoms with Gasteiger partial charge in [0.05, 0.1) is 39.5 Å². The molecule has 3 aliphatic rings. The molecule has 1 fully saturated rings. The summed E-state index contributed by atoms with van der Waals surface area (Å²) in [6.45, 7) is 2.26. The Morgan fingerprint density at radius 2 is 1.89 bits per heavy atom. The quantitative estimate of drug-likeness (QED) is 0.202. The van der Waals surface area contributed by atoms with Crippen molar-refractivity contribution in [3.05, 3.63) is 111 Å². The maximum atomic E-state index is 15.9. The molecule has 0 radical (unpaired) electrons. The Balaban J connectivity index is 1.24. The molecule has 11 heteroatoms. The van der Waals surface area contributed by atoms with Crippen LogP contribution in [0.1, 0.15) is 91.5 Å². The molecule has 2 amide bonds. The zero-order valence-corrected chi connectivity index (χ0v) is 25.7. The molecule has 2 aliphatic heterocycles. The zero-order valence-electron chi connectivity index (χ0n) is 24.9. The maximum absolute atomic E-state index is 15.9. The fraction of sp³-hybridized carbons (Fsp3) is 0.286. The molecule has 0 bridgehead atoms. The number of rotatable bonds is 7. The number of halogens is 2. The number of fused-ring (bicyclic) bond motifs is 4. The first-order valence-electron chi connectivity index (χ1n) is 15.4. The van der Waals surface area contributed by atoms with E-state index < -0.39 is 12.0 Å². The molecule has 3 atom stereocenters. The average molecular weight is 638 g/mol. The number of nitrogens with zero attached hydrogens (tertiary/aromatic N) is 4. The highest BCUT2D eigenvalue weighted by molar-refractivity contribution is 7.17. The Bertz CT molecular complexity index is 2010. The number of benzene rings is 2. The molecule has 2 unspecified atom stereocenters. The van der Waals surface area contributed by atoms with Gasteiger partial charge in [0.2, 0.25) is 11.8 Å². The molecular formula is C35H29F2N5O3S. The van der Waals surface area contributed by atoms with Gasteiger partial charge >= 0.3 is 0 Å². The molecular weight excluding hydrogens is 608 g/mol. The molecule has 232 valence electrons. The van der Waals surface area contributed by atoms with Crippen LogP contribution in [-0.2, 0) is 12.8 Å². The average Bonchev–Trinajstić information content (AvgIpc) is 3.89. The molecule has 1 saturated heterocycles. The molecule has 3 aromatic heterocycles. The molecule has 5 heterocycles. The number of aryl methyl sites for hydroxylation is 2. The van der Waals surface area contributed by atoms with Gasteiger partial charge in [-0.1, -0.05) is 36.4 Å². The SMILES string of the molecule is Cc1nnc(-c2c(CC(F)c3ccc(F)cc3)nc3c(c2-c2ccc(C(=O)NC4CCc5ccccc54)s2)C(=O)N2CCC[C@@H]32)o1. The van der Waals surface area contributed by atoms with Crippen LogP contribution in [0.4, 0.5) is 8.78 Å². The van der Waals surface area contributed by atoms with Crippen molar-refractivity contribution in [1.82, 2.24) is 25.4 Å². The van der Waals surface area contributed by atoms with Crippen molar-refractivity contribution in [3.63, 3.8) is 0 Å². The predicted octanol–water partition coefficient (Wildman–Crippen LogP) is 7.27. The molecule has 46 heavy (non-hydrogen) atoms. The zero-order chi connectivity index (χ0) is 31.5. The van der Waals surface area contributed by atoms with Gasteiger partial charge in [-0.2, -0.15) is 0 Å². The monoisotopic (exact) mass is 637 g/mol. The number of hydrogen-bond donors (Lipinski definition) is 1. The van der Waals surface area contributed by atoms with E-state index in [-0.39, 0.29) is 36.2 Å². The van der Waals surface area contributed by atoms with Crippen LogP contribution in [0.3, 0.4) is 0 Å². The highest BCUT2D eigenvalue weighted by Gasteiger charge is 2.45. The third-order valence-electron chi connectivity index (χ3n) is 9.20. The van der Waals surface area contributed by atoms with Crippen molar-refractivity contribution in [1.29, 1.82) is 0 Å². The lowest BCUT2D eigenvalue weighted by Crippen LogP contribution is -2.26. The summed E-state index contributed by atoms with van der Waals surface area (Å²) in [4.78, 5) is 35.4. The van der Waals surface area contributed by atoms with Crippen LogP contribution in [-0.4, -0.2) is 38.4 Å². The Morgan fingerprint density at radius 1 is 1.07 bits per heavy atom. The maximum Gasteiger partial charge on any atom is 0.261 e. The van der Waals surface area contributed by atoms with Crippen molar-refractivity contribution in [2.24, 2.45) is 0 Å². The summed E-state index contributed by atoms with van der Waals surface area (Å²) in [5.74, 6) is -0.387. The summed E-state index contributed by atoms with van der Waals surface area (Å²) >= 11 is 1.26. The van der Waals surface area contributed by atoms with Crippen molar-refractivity contribution >= 4 is 23.2 Å². The third-order valence-corrected chi connectivity index (χ3v) is 10.3. The first-order valence-corrected chi connectivity index (χ1v) is 16.2. The van der Waals surface area contributed by atoms with E-state index in [1.807, 2.05) is 23.1 Å². The fourth-order valence-corrected chi connectivity index (χ4v) is 8.03. The molecule has 1 aliphatic carbocycles. The highest BCUT2D eigenvalue weighted by Crippen LogP contribution is 2.49. The van der Waals surface area contributed by atoms with Gasteiger partial charge in [-0.05, 0) is 66.6 Å². The van der Waals surface area contributed by atoms with E-state index in [9.17, 15) is 14.0 Å². The van der Waals surface area contributed by atoms with Gasteiger partial charge in [-0.25, -0.2) is 8.78 Å². The summed E-state index contributed by atoms with van der Waals surface area (Å²) in [5, 5.41) is 11.5. The van der Waals surface area contributed by atoms with Crippen LogP contribution in [0.15, 0.2) is 65.1 Å². The van der Waals surface area contributed by atoms with Gasteiger partial charge in [0.1, 0.15) is 12.0 Å². The summed E-state index contributed by atoms with van der Waals surface area (Å²) < 4.78 is 35.5. The minimum absolute atomic E-state index is 0.0790. The number of carbonyl (C=O) groups excluding carboxylic acids is 2. The van der Waals surface area contributed by atoms with Gasteiger partial charge in [-0.15, -0.1) is 21.5 Å². The lowest BCUT2D eigenvalue weighted by atomic mass is 9.92. The Hall–Kier alpha value is -4.77. The lowest BCUT2D eigenvalue weighted by Gasteiger charge is -2.17. The smallest absolute Gasteiger partial charge is 0.261 e. The van der Waals surface area contributed by atoms with Crippen LogP contribution in [0.5, 0.6) is 0 Å². The second kappa shape index (κ2) is 11.2. The highest BCUT2D eigenvalue weighted by atomic mass is 32.1. The van der Waals surface area contributed by atoms with Crippen LogP contribution in [0, 0.1) is 12.7 Å². The van der Waals surface area contributed by atoms with E-state index in [1.165, 1.54) is 41.2 Å². The topological polar surface area (TPSA) is 101 Å². The number of nitrogens with one attached hydrogen (secondary N) is 1. The normalized spacial score (nSPS) is 18.8. The summed E-state index contributed by atoms with van der Waals surface area (Å²) in [6.07, 6.45) is 1.66. The first kappa shape index (κ1) is 28.7. The van der Waals surface area contributed by atoms with Crippen molar-refractivity contribution in [3.8, 4) is 21.9 Å². The summed E-state index contributed by atoms with van der Waals surface area (Å²) in [7, 11) is 0. The number of carbonyl (C=O) groups is 2.